The van der Waals surface area contributed by atoms with Crippen molar-refractivity contribution >= 4 is 11.8 Å². The molecule has 6 nitrogen and oxygen atoms in total. The van der Waals surface area contributed by atoms with Gasteiger partial charge in [0.2, 0.25) is 11.8 Å². The summed E-state index contributed by atoms with van der Waals surface area (Å²) in [6, 6.07) is 4.11. The van der Waals surface area contributed by atoms with Crippen LogP contribution < -0.4 is 0 Å². The summed E-state index contributed by atoms with van der Waals surface area (Å²) in [7, 11) is 0. The summed E-state index contributed by atoms with van der Waals surface area (Å²) >= 11 is 0. The summed E-state index contributed by atoms with van der Waals surface area (Å²) in [4.78, 5) is 31.8. The summed E-state index contributed by atoms with van der Waals surface area (Å²) in [5.41, 5.74) is 0. The highest BCUT2D eigenvalue weighted by Gasteiger charge is 2.35. The van der Waals surface area contributed by atoms with Gasteiger partial charge in [-0.15, -0.1) is 0 Å². The smallest absolute Gasteiger partial charge is 0.225 e. The molecular formula is C21H32N4O2. The minimum Gasteiger partial charge on any atom is -0.353 e. The van der Waals surface area contributed by atoms with E-state index in [0.29, 0.717) is 11.8 Å². The Hall–Kier alpha value is -1.82. The number of likely N-dealkylation sites (tertiary alicyclic amines) is 1. The first kappa shape index (κ1) is 18.5. The van der Waals surface area contributed by atoms with E-state index in [1.807, 2.05) is 4.90 Å². The van der Waals surface area contributed by atoms with Crippen molar-refractivity contribution in [2.45, 2.75) is 38.6 Å². The third-order valence-corrected chi connectivity index (χ3v) is 6.63. The summed E-state index contributed by atoms with van der Waals surface area (Å²) in [6.07, 6.45) is 9.20. The van der Waals surface area contributed by atoms with E-state index < -0.39 is 0 Å². The number of aromatic nitrogens is 1. The lowest BCUT2D eigenvalue weighted by molar-refractivity contribution is -0.144. The third kappa shape index (κ3) is 4.37. The highest BCUT2D eigenvalue weighted by molar-refractivity contribution is 5.81. The molecular weight excluding hydrogens is 340 g/mol. The highest BCUT2D eigenvalue weighted by atomic mass is 16.2. The highest BCUT2D eigenvalue weighted by Crippen LogP contribution is 2.30. The molecule has 0 aromatic carbocycles. The average molecular weight is 373 g/mol. The van der Waals surface area contributed by atoms with Gasteiger partial charge in [0.15, 0.2) is 0 Å². The van der Waals surface area contributed by atoms with Gasteiger partial charge in [-0.1, -0.05) is 6.42 Å². The molecule has 0 atom stereocenters. The minimum absolute atomic E-state index is 0.113. The average Bonchev–Trinajstić information content (AvgIpc) is 3.18. The van der Waals surface area contributed by atoms with Crippen molar-refractivity contribution in [2.24, 2.45) is 11.8 Å². The third-order valence-electron chi connectivity index (χ3n) is 6.63. The van der Waals surface area contributed by atoms with Gasteiger partial charge in [-0.2, -0.15) is 0 Å². The van der Waals surface area contributed by atoms with Crippen molar-refractivity contribution in [2.75, 3.05) is 45.8 Å². The molecule has 0 spiro atoms. The second-order valence-electron chi connectivity index (χ2n) is 8.32. The van der Waals surface area contributed by atoms with Gasteiger partial charge in [0.25, 0.3) is 0 Å². The molecule has 1 aromatic rings. The number of hydrogen-bond donors (Lipinski definition) is 0. The summed E-state index contributed by atoms with van der Waals surface area (Å²) in [6.45, 7) is 7.19. The van der Waals surface area contributed by atoms with Crippen LogP contribution in [0.3, 0.4) is 0 Å². The van der Waals surface area contributed by atoms with Crippen molar-refractivity contribution in [3.63, 3.8) is 0 Å². The van der Waals surface area contributed by atoms with Crippen LogP contribution in [-0.4, -0.2) is 76.9 Å². The van der Waals surface area contributed by atoms with Crippen LogP contribution in [0.4, 0.5) is 0 Å². The monoisotopic (exact) mass is 372 g/mol. The Morgan fingerprint density at radius 2 is 1.26 bits per heavy atom. The molecule has 4 rings (SSSR count). The molecule has 0 bridgehead atoms. The van der Waals surface area contributed by atoms with E-state index in [0.717, 1.165) is 78.0 Å². The normalized spacial score (nSPS) is 22.7. The number of carbonyl (C=O) groups excluding carboxylic acids is 2. The van der Waals surface area contributed by atoms with E-state index in [1.165, 1.54) is 6.42 Å². The van der Waals surface area contributed by atoms with Crippen LogP contribution in [-0.2, 0) is 16.1 Å². The SMILES string of the molecule is O=C(C1CCC1)N1CCC(C(=O)N2CCN(CCn3cccc3)CC2)CC1. The van der Waals surface area contributed by atoms with Gasteiger partial charge >= 0.3 is 0 Å². The number of carbonyl (C=O) groups is 2. The van der Waals surface area contributed by atoms with Crippen molar-refractivity contribution in [1.82, 2.24) is 19.3 Å². The van der Waals surface area contributed by atoms with E-state index in [-0.39, 0.29) is 11.8 Å². The lowest BCUT2D eigenvalue weighted by atomic mass is 9.83. The molecule has 3 aliphatic rings. The Balaban J connectivity index is 1.18. The molecule has 1 saturated carbocycles. The fourth-order valence-electron chi connectivity index (χ4n) is 4.49. The fourth-order valence-corrected chi connectivity index (χ4v) is 4.49. The second-order valence-corrected chi connectivity index (χ2v) is 8.32. The molecule has 148 valence electrons. The molecule has 0 N–H and O–H groups in total. The molecule has 2 aliphatic heterocycles. The Labute approximate surface area is 162 Å². The summed E-state index contributed by atoms with van der Waals surface area (Å²) < 4.78 is 2.20. The van der Waals surface area contributed by atoms with Crippen LogP contribution in [0.2, 0.25) is 0 Å². The molecule has 3 heterocycles. The van der Waals surface area contributed by atoms with Gasteiger partial charge in [0, 0.05) is 76.6 Å². The number of amides is 2. The van der Waals surface area contributed by atoms with Crippen LogP contribution in [0.5, 0.6) is 0 Å². The van der Waals surface area contributed by atoms with Crippen molar-refractivity contribution < 1.29 is 9.59 Å². The summed E-state index contributed by atoms with van der Waals surface area (Å²) in [5, 5.41) is 0. The lowest BCUT2D eigenvalue weighted by Crippen LogP contribution is -2.52. The number of hydrogen-bond acceptors (Lipinski definition) is 3. The lowest BCUT2D eigenvalue weighted by Gasteiger charge is -2.39. The molecule has 0 radical (unpaired) electrons. The molecule has 2 saturated heterocycles. The first-order valence-corrected chi connectivity index (χ1v) is 10.6. The summed E-state index contributed by atoms with van der Waals surface area (Å²) in [5.74, 6) is 1.04. The zero-order valence-corrected chi connectivity index (χ0v) is 16.3. The maximum Gasteiger partial charge on any atom is 0.225 e. The van der Waals surface area contributed by atoms with Crippen molar-refractivity contribution in [3.8, 4) is 0 Å². The maximum atomic E-state index is 12.9. The molecule has 2 amide bonds. The Kier molecular flexibility index (Phi) is 5.81. The maximum absolute atomic E-state index is 12.9. The van der Waals surface area contributed by atoms with Crippen molar-refractivity contribution in [3.05, 3.63) is 24.5 Å². The Morgan fingerprint density at radius 3 is 1.81 bits per heavy atom. The van der Waals surface area contributed by atoms with Crippen LogP contribution in [0.1, 0.15) is 32.1 Å². The fraction of sp³-hybridized carbons (Fsp3) is 0.714. The van der Waals surface area contributed by atoms with E-state index in [1.54, 1.807) is 0 Å². The largest absolute Gasteiger partial charge is 0.353 e. The standard InChI is InChI=1S/C21H32N4O2/c26-20(18-4-3-5-18)24-10-6-19(7-11-24)21(27)25-16-14-23(15-17-25)13-12-22-8-1-2-9-22/h1-2,8-9,18-19H,3-7,10-17H2. The van der Waals surface area contributed by atoms with E-state index in [2.05, 4.69) is 38.9 Å². The molecule has 3 fully saturated rings. The number of piperidine rings is 1. The number of rotatable bonds is 5. The van der Waals surface area contributed by atoms with Gasteiger partial charge in [0.05, 0.1) is 0 Å². The van der Waals surface area contributed by atoms with Crippen molar-refractivity contribution in [1.29, 1.82) is 0 Å². The van der Waals surface area contributed by atoms with Gasteiger partial charge in [0.1, 0.15) is 0 Å². The van der Waals surface area contributed by atoms with Crippen LogP contribution in [0, 0.1) is 11.8 Å². The first-order valence-electron chi connectivity index (χ1n) is 10.6. The molecule has 0 unspecified atom stereocenters. The predicted octanol–water partition coefficient (Wildman–Crippen LogP) is 1.67. The Bertz CT molecular complexity index is 625. The van der Waals surface area contributed by atoms with Gasteiger partial charge in [-0.05, 0) is 37.8 Å². The minimum atomic E-state index is 0.113. The van der Waals surface area contributed by atoms with Gasteiger partial charge in [-0.25, -0.2) is 0 Å². The quantitative estimate of drug-likeness (QED) is 0.790. The van der Waals surface area contributed by atoms with Crippen LogP contribution >= 0.6 is 0 Å². The first-order chi connectivity index (χ1) is 13.2. The molecule has 6 heteroatoms. The van der Waals surface area contributed by atoms with Crippen LogP contribution in [0.25, 0.3) is 0 Å². The molecule has 1 aliphatic carbocycles. The van der Waals surface area contributed by atoms with Gasteiger partial charge in [-0.3, -0.25) is 14.5 Å². The zero-order valence-electron chi connectivity index (χ0n) is 16.3. The number of piperazine rings is 1. The topological polar surface area (TPSA) is 48.8 Å². The predicted molar refractivity (Wildman–Crippen MR) is 104 cm³/mol. The molecule has 27 heavy (non-hydrogen) atoms. The zero-order chi connectivity index (χ0) is 18.6. The Morgan fingerprint density at radius 1 is 0.704 bits per heavy atom. The van der Waals surface area contributed by atoms with Crippen LogP contribution in [0.15, 0.2) is 24.5 Å². The molecule has 1 aromatic heterocycles. The van der Waals surface area contributed by atoms with Gasteiger partial charge < -0.3 is 14.4 Å². The van der Waals surface area contributed by atoms with E-state index >= 15 is 0 Å². The number of nitrogens with zero attached hydrogens (tertiary/aromatic N) is 4. The second kappa shape index (κ2) is 8.46. The van der Waals surface area contributed by atoms with E-state index in [4.69, 9.17) is 0 Å². The van der Waals surface area contributed by atoms with E-state index in [9.17, 15) is 9.59 Å².